The second-order valence-electron chi connectivity index (χ2n) is 5.68. The smallest absolute Gasteiger partial charge is 0.0400 e. The number of benzene rings is 2. The summed E-state index contributed by atoms with van der Waals surface area (Å²) < 4.78 is 1.15. The van der Waals surface area contributed by atoms with Crippen molar-refractivity contribution in [2.45, 2.75) is 33.7 Å². The molecule has 1 nitrogen and oxygen atoms in total. The first kappa shape index (κ1) is 15.1. The summed E-state index contributed by atoms with van der Waals surface area (Å²) in [5.74, 6) is 0.711. The fourth-order valence-corrected chi connectivity index (χ4v) is 2.63. The summed E-state index contributed by atoms with van der Waals surface area (Å²) in [5.41, 5.74) is 5.17. The summed E-state index contributed by atoms with van der Waals surface area (Å²) in [6, 6.07) is 15.2. The maximum Gasteiger partial charge on any atom is 0.0400 e. The monoisotopic (exact) mass is 331 g/mol. The van der Waals surface area contributed by atoms with Crippen LogP contribution in [-0.4, -0.2) is 0 Å². The van der Waals surface area contributed by atoms with E-state index in [0.717, 1.165) is 17.4 Å². The molecule has 0 aliphatic heterocycles. The molecular weight excluding hydrogens is 310 g/mol. The van der Waals surface area contributed by atoms with Crippen molar-refractivity contribution >= 4 is 21.6 Å². The van der Waals surface area contributed by atoms with Crippen molar-refractivity contribution in [2.75, 3.05) is 5.32 Å². The molecule has 0 atom stereocenters. The van der Waals surface area contributed by atoms with Gasteiger partial charge in [0.05, 0.1) is 0 Å². The molecule has 0 aliphatic carbocycles. The van der Waals surface area contributed by atoms with Gasteiger partial charge in [0.2, 0.25) is 0 Å². The second-order valence-corrected chi connectivity index (χ2v) is 6.53. The highest BCUT2D eigenvalue weighted by Crippen LogP contribution is 2.24. The van der Waals surface area contributed by atoms with E-state index >= 15 is 0 Å². The van der Waals surface area contributed by atoms with E-state index in [1.165, 1.54) is 22.4 Å². The topological polar surface area (TPSA) is 12.0 Å². The molecule has 0 amide bonds. The highest BCUT2D eigenvalue weighted by Gasteiger charge is 2.02. The van der Waals surface area contributed by atoms with Crippen LogP contribution in [0.15, 0.2) is 46.9 Å². The standard InChI is InChI=1S/C18H22BrN/c1-13(2)11-15-7-9-16(10-8-15)12-20-18-6-4-5-17(19)14(18)3/h4-10,13,20H,11-12H2,1-3H3. The van der Waals surface area contributed by atoms with E-state index in [2.05, 4.69) is 84.5 Å². The predicted octanol–water partition coefficient (Wildman–Crippen LogP) is 5.57. The van der Waals surface area contributed by atoms with Crippen LogP contribution in [0.25, 0.3) is 0 Å². The molecule has 0 aromatic heterocycles. The fraction of sp³-hybridized carbons (Fsp3) is 0.333. The number of hydrogen-bond donors (Lipinski definition) is 1. The van der Waals surface area contributed by atoms with Gasteiger partial charge in [-0.2, -0.15) is 0 Å². The van der Waals surface area contributed by atoms with Crippen LogP contribution in [0, 0.1) is 12.8 Å². The molecule has 0 radical (unpaired) electrons. The van der Waals surface area contributed by atoms with Gasteiger partial charge in [-0.15, -0.1) is 0 Å². The Kier molecular flexibility index (Phi) is 5.24. The van der Waals surface area contributed by atoms with Crippen molar-refractivity contribution in [3.05, 3.63) is 63.6 Å². The highest BCUT2D eigenvalue weighted by molar-refractivity contribution is 9.10. The lowest BCUT2D eigenvalue weighted by Crippen LogP contribution is -2.02. The van der Waals surface area contributed by atoms with Gasteiger partial charge in [-0.1, -0.05) is 60.1 Å². The summed E-state index contributed by atoms with van der Waals surface area (Å²) in [6.45, 7) is 7.49. The zero-order valence-electron chi connectivity index (χ0n) is 12.4. The molecule has 0 saturated carbocycles. The second kappa shape index (κ2) is 6.94. The van der Waals surface area contributed by atoms with Gasteiger partial charge in [-0.3, -0.25) is 0 Å². The van der Waals surface area contributed by atoms with E-state index in [0.29, 0.717) is 5.92 Å². The minimum atomic E-state index is 0.711. The zero-order chi connectivity index (χ0) is 14.5. The molecule has 106 valence electrons. The fourth-order valence-electron chi connectivity index (χ4n) is 2.26. The largest absolute Gasteiger partial charge is 0.381 e. The summed E-state index contributed by atoms with van der Waals surface area (Å²) in [5, 5.41) is 3.50. The lowest BCUT2D eigenvalue weighted by Gasteiger charge is -2.11. The van der Waals surface area contributed by atoms with Gasteiger partial charge >= 0.3 is 0 Å². The van der Waals surface area contributed by atoms with Crippen LogP contribution in [0.1, 0.15) is 30.5 Å². The average Bonchev–Trinajstić information content (AvgIpc) is 2.41. The van der Waals surface area contributed by atoms with Crippen LogP contribution in [0.3, 0.4) is 0 Å². The van der Waals surface area contributed by atoms with Crippen molar-refractivity contribution < 1.29 is 0 Å². The van der Waals surface area contributed by atoms with Gasteiger partial charge in [0.25, 0.3) is 0 Å². The Bertz CT molecular complexity index is 558. The Labute approximate surface area is 130 Å². The predicted molar refractivity (Wildman–Crippen MR) is 91.2 cm³/mol. The van der Waals surface area contributed by atoms with Crippen LogP contribution >= 0.6 is 15.9 Å². The van der Waals surface area contributed by atoms with Crippen LogP contribution in [-0.2, 0) is 13.0 Å². The third-order valence-electron chi connectivity index (χ3n) is 3.42. The van der Waals surface area contributed by atoms with Crippen LogP contribution in [0.2, 0.25) is 0 Å². The van der Waals surface area contributed by atoms with E-state index in [-0.39, 0.29) is 0 Å². The highest BCUT2D eigenvalue weighted by atomic mass is 79.9. The number of rotatable bonds is 5. The molecule has 0 fully saturated rings. The number of halogens is 1. The first-order valence-electron chi connectivity index (χ1n) is 7.13. The summed E-state index contributed by atoms with van der Waals surface area (Å²) in [7, 11) is 0. The van der Waals surface area contributed by atoms with E-state index in [4.69, 9.17) is 0 Å². The Morgan fingerprint density at radius 2 is 1.65 bits per heavy atom. The van der Waals surface area contributed by atoms with Gasteiger partial charge in [0.1, 0.15) is 0 Å². The maximum atomic E-state index is 3.56. The average molecular weight is 332 g/mol. The van der Waals surface area contributed by atoms with E-state index in [1.807, 2.05) is 0 Å². The lowest BCUT2D eigenvalue weighted by molar-refractivity contribution is 0.647. The molecule has 2 rings (SSSR count). The van der Waals surface area contributed by atoms with Crippen molar-refractivity contribution in [3.63, 3.8) is 0 Å². The van der Waals surface area contributed by atoms with Gasteiger partial charge in [-0.25, -0.2) is 0 Å². The molecule has 0 heterocycles. The van der Waals surface area contributed by atoms with E-state index < -0.39 is 0 Å². The molecule has 2 heteroatoms. The van der Waals surface area contributed by atoms with Crippen molar-refractivity contribution in [1.29, 1.82) is 0 Å². The Morgan fingerprint density at radius 1 is 1.00 bits per heavy atom. The van der Waals surface area contributed by atoms with Crippen LogP contribution < -0.4 is 5.32 Å². The third-order valence-corrected chi connectivity index (χ3v) is 4.28. The molecular formula is C18H22BrN. The zero-order valence-corrected chi connectivity index (χ0v) is 14.0. The van der Waals surface area contributed by atoms with Gasteiger partial charge < -0.3 is 5.32 Å². The van der Waals surface area contributed by atoms with Gasteiger partial charge in [0, 0.05) is 16.7 Å². The molecule has 1 N–H and O–H groups in total. The molecule has 0 aliphatic rings. The lowest BCUT2D eigenvalue weighted by atomic mass is 10.0. The van der Waals surface area contributed by atoms with Crippen LogP contribution in [0.5, 0.6) is 0 Å². The van der Waals surface area contributed by atoms with E-state index in [1.54, 1.807) is 0 Å². The minimum Gasteiger partial charge on any atom is -0.381 e. The first-order chi connectivity index (χ1) is 9.56. The van der Waals surface area contributed by atoms with Gasteiger partial charge in [0.15, 0.2) is 0 Å². The first-order valence-corrected chi connectivity index (χ1v) is 7.92. The van der Waals surface area contributed by atoms with Gasteiger partial charge in [-0.05, 0) is 48.1 Å². The Morgan fingerprint density at radius 3 is 2.30 bits per heavy atom. The van der Waals surface area contributed by atoms with Crippen LogP contribution in [0.4, 0.5) is 5.69 Å². The molecule has 0 unspecified atom stereocenters. The molecule has 2 aromatic carbocycles. The summed E-state index contributed by atoms with van der Waals surface area (Å²) in [4.78, 5) is 0. The van der Waals surface area contributed by atoms with Crippen molar-refractivity contribution in [1.82, 2.24) is 0 Å². The number of nitrogens with one attached hydrogen (secondary N) is 1. The normalized spacial score (nSPS) is 10.8. The SMILES string of the molecule is Cc1c(Br)cccc1NCc1ccc(CC(C)C)cc1. The quantitative estimate of drug-likeness (QED) is 0.755. The summed E-state index contributed by atoms with van der Waals surface area (Å²) in [6.07, 6.45) is 1.15. The molecule has 2 aromatic rings. The number of hydrogen-bond acceptors (Lipinski definition) is 1. The van der Waals surface area contributed by atoms with E-state index in [9.17, 15) is 0 Å². The molecule has 0 bridgehead atoms. The maximum absolute atomic E-state index is 3.56. The third kappa shape index (κ3) is 4.11. The molecule has 0 saturated heterocycles. The molecule has 0 spiro atoms. The Hall–Kier alpha value is -1.28. The Balaban J connectivity index is 1.99. The molecule has 20 heavy (non-hydrogen) atoms. The van der Waals surface area contributed by atoms with Crippen molar-refractivity contribution in [3.8, 4) is 0 Å². The number of anilines is 1. The summed E-state index contributed by atoms with van der Waals surface area (Å²) >= 11 is 3.56. The minimum absolute atomic E-state index is 0.711. The van der Waals surface area contributed by atoms with Crippen molar-refractivity contribution in [2.24, 2.45) is 5.92 Å².